The topological polar surface area (TPSA) is 92.5 Å². The largest absolute Gasteiger partial charge is 0.508 e. The number of nitrogens with zero attached hydrogens (tertiary/aromatic N) is 4. The second kappa shape index (κ2) is 5.31. The van der Waals surface area contributed by atoms with Gasteiger partial charge in [-0.15, -0.1) is 0 Å². The lowest BCUT2D eigenvalue weighted by Gasteiger charge is -2.19. The van der Waals surface area contributed by atoms with Crippen molar-refractivity contribution in [2.75, 3.05) is 18.5 Å². The van der Waals surface area contributed by atoms with Crippen LogP contribution in [0, 0.1) is 0 Å². The molecule has 1 aliphatic heterocycles. The number of phenolic OH excluding ortho intramolecular Hbond substituents is 1. The molecule has 21 heavy (non-hydrogen) atoms. The van der Waals surface area contributed by atoms with E-state index in [2.05, 4.69) is 15.4 Å². The van der Waals surface area contributed by atoms with Crippen molar-refractivity contribution in [3.05, 3.63) is 30.1 Å². The first-order chi connectivity index (χ1) is 10.1. The minimum absolute atomic E-state index is 0.144. The minimum Gasteiger partial charge on any atom is -0.508 e. The third-order valence-electron chi connectivity index (χ3n) is 3.25. The SMILES string of the molecule is Cn1ncnc1NC(=O)N1CCOc2cc(O)ccc2C1. The number of benzene rings is 1. The summed E-state index contributed by atoms with van der Waals surface area (Å²) in [7, 11) is 1.70. The van der Waals surface area contributed by atoms with E-state index in [1.54, 1.807) is 30.1 Å². The molecule has 2 heterocycles. The number of rotatable bonds is 1. The number of carbonyl (C=O) groups is 1. The molecule has 0 saturated heterocycles. The van der Waals surface area contributed by atoms with E-state index >= 15 is 0 Å². The van der Waals surface area contributed by atoms with E-state index in [0.717, 1.165) is 5.56 Å². The van der Waals surface area contributed by atoms with Gasteiger partial charge < -0.3 is 14.7 Å². The highest BCUT2D eigenvalue weighted by Crippen LogP contribution is 2.27. The Morgan fingerprint density at radius 2 is 2.33 bits per heavy atom. The standard InChI is InChI=1S/C13H15N5O3/c1-17-12(14-8-15-17)16-13(20)18-4-5-21-11-6-10(19)3-2-9(11)7-18/h2-3,6,8,19H,4-5,7H2,1H3,(H,14,15,16,20). The van der Waals surface area contributed by atoms with E-state index in [4.69, 9.17) is 4.74 Å². The number of hydrogen-bond donors (Lipinski definition) is 2. The lowest BCUT2D eigenvalue weighted by molar-refractivity contribution is 0.200. The number of fused-ring (bicyclic) bond motifs is 1. The normalized spacial score (nSPS) is 14.0. The van der Waals surface area contributed by atoms with Crippen LogP contribution >= 0.6 is 0 Å². The molecule has 8 nitrogen and oxygen atoms in total. The van der Waals surface area contributed by atoms with Crippen molar-refractivity contribution in [1.82, 2.24) is 19.7 Å². The van der Waals surface area contributed by atoms with Gasteiger partial charge in [0, 0.05) is 18.7 Å². The molecule has 2 amide bonds. The number of urea groups is 1. The van der Waals surface area contributed by atoms with Gasteiger partial charge in [-0.25, -0.2) is 9.48 Å². The Kier molecular flexibility index (Phi) is 3.35. The Balaban J connectivity index is 1.75. The van der Waals surface area contributed by atoms with Crippen LogP contribution in [0.1, 0.15) is 5.56 Å². The Hall–Kier alpha value is -2.77. The van der Waals surface area contributed by atoms with Crippen LogP contribution in [0.15, 0.2) is 24.5 Å². The van der Waals surface area contributed by atoms with Crippen LogP contribution in [-0.2, 0) is 13.6 Å². The van der Waals surface area contributed by atoms with Crippen LogP contribution in [0.2, 0.25) is 0 Å². The van der Waals surface area contributed by atoms with Gasteiger partial charge >= 0.3 is 6.03 Å². The Labute approximate surface area is 121 Å². The van der Waals surface area contributed by atoms with Crippen LogP contribution in [-0.4, -0.2) is 44.0 Å². The Morgan fingerprint density at radius 1 is 1.48 bits per heavy atom. The zero-order valence-electron chi connectivity index (χ0n) is 11.5. The van der Waals surface area contributed by atoms with Crippen molar-refractivity contribution in [2.24, 2.45) is 7.05 Å². The summed E-state index contributed by atoms with van der Waals surface area (Å²) >= 11 is 0. The van der Waals surface area contributed by atoms with E-state index in [0.29, 0.717) is 31.4 Å². The Bertz CT molecular complexity index is 670. The number of nitrogens with one attached hydrogen (secondary N) is 1. The first-order valence-electron chi connectivity index (χ1n) is 6.48. The molecule has 2 aromatic rings. The first-order valence-corrected chi connectivity index (χ1v) is 6.48. The highest BCUT2D eigenvalue weighted by molar-refractivity contribution is 5.87. The number of aromatic hydroxyl groups is 1. The molecule has 0 unspecified atom stereocenters. The smallest absolute Gasteiger partial charge is 0.324 e. The molecule has 1 aliphatic rings. The summed E-state index contributed by atoms with van der Waals surface area (Å²) in [6, 6.07) is 4.61. The van der Waals surface area contributed by atoms with E-state index in [1.807, 2.05) is 0 Å². The number of carbonyl (C=O) groups excluding carboxylic acids is 1. The summed E-state index contributed by atoms with van der Waals surface area (Å²) in [5, 5.41) is 16.1. The third-order valence-corrected chi connectivity index (χ3v) is 3.25. The highest BCUT2D eigenvalue weighted by atomic mass is 16.5. The lowest BCUT2D eigenvalue weighted by Crippen LogP contribution is -2.36. The summed E-state index contributed by atoms with van der Waals surface area (Å²) < 4.78 is 7.04. The van der Waals surface area contributed by atoms with Gasteiger partial charge in [-0.05, 0) is 12.1 Å². The van der Waals surface area contributed by atoms with Gasteiger partial charge in [-0.1, -0.05) is 0 Å². The molecular formula is C13H15N5O3. The van der Waals surface area contributed by atoms with Crippen molar-refractivity contribution in [3.8, 4) is 11.5 Å². The second-order valence-electron chi connectivity index (χ2n) is 4.70. The molecule has 2 N–H and O–H groups in total. The average Bonchev–Trinajstić information content (AvgIpc) is 2.74. The molecule has 8 heteroatoms. The van der Waals surface area contributed by atoms with Gasteiger partial charge in [0.25, 0.3) is 0 Å². The molecule has 110 valence electrons. The van der Waals surface area contributed by atoms with Crippen LogP contribution in [0.25, 0.3) is 0 Å². The van der Waals surface area contributed by atoms with E-state index in [1.165, 1.54) is 11.0 Å². The van der Waals surface area contributed by atoms with Crippen LogP contribution in [0.5, 0.6) is 11.5 Å². The van der Waals surface area contributed by atoms with Crippen LogP contribution < -0.4 is 10.1 Å². The summed E-state index contributed by atoms with van der Waals surface area (Å²) in [6.07, 6.45) is 1.37. The lowest BCUT2D eigenvalue weighted by atomic mass is 10.2. The van der Waals surface area contributed by atoms with Crippen LogP contribution in [0.4, 0.5) is 10.7 Å². The molecule has 0 aliphatic carbocycles. The summed E-state index contributed by atoms with van der Waals surface area (Å²) in [5.41, 5.74) is 0.846. The zero-order valence-corrected chi connectivity index (χ0v) is 11.5. The van der Waals surface area contributed by atoms with Gasteiger partial charge in [0.05, 0.1) is 13.1 Å². The fraction of sp³-hybridized carbons (Fsp3) is 0.308. The van der Waals surface area contributed by atoms with Crippen LogP contribution in [0.3, 0.4) is 0 Å². The van der Waals surface area contributed by atoms with Crippen molar-refractivity contribution >= 4 is 12.0 Å². The maximum absolute atomic E-state index is 12.3. The third kappa shape index (κ3) is 2.73. The summed E-state index contributed by atoms with van der Waals surface area (Å²) in [5.74, 6) is 1.13. The number of anilines is 1. The number of phenols is 1. The van der Waals surface area contributed by atoms with E-state index < -0.39 is 0 Å². The number of ether oxygens (including phenoxy) is 1. The molecule has 0 fully saturated rings. The predicted molar refractivity (Wildman–Crippen MR) is 74.0 cm³/mol. The van der Waals surface area contributed by atoms with Crippen molar-refractivity contribution in [2.45, 2.75) is 6.54 Å². The fourth-order valence-corrected chi connectivity index (χ4v) is 2.12. The monoisotopic (exact) mass is 289 g/mol. The molecule has 0 bridgehead atoms. The fourth-order valence-electron chi connectivity index (χ4n) is 2.12. The first kappa shape index (κ1) is 13.2. The molecule has 0 radical (unpaired) electrons. The van der Waals surface area contributed by atoms with Gasteiger partial charge in [-0.3, -0.25) is 5.32 Å². The maximum Gasteiger partial charge on any atom is 0.324 e. The summed E-state index contributed by atoms with van der Waals surface area (Å²) in [4.78, 5) is 17.9. The average molecular weight is 289 g/mol. The molecule has 0 spiro atoms. The van der Waals surface area contributed by atoms with E-state index in [9.17, 15) is 9.90 Å². The second-order valence-corrected chi connectivity index (χ2v) is 4.70. The van der Waals surface area contributed by atoms with Gasteiger partial charge in [-0.2, -0.15) is 10.1 Å². The van der Waals surface area contributed by atoms with Gasteiger partial charge in [0.1, 0.15) is 24.4 Å². The van der Waals surface area contributed by atoms with Crippen molar-refractivity contribution < 1.29 is 14.6 Å². The minimum atomic E-state index is -0.268. The van der Waals surface area contributed by atoms with Gasteiger partial charge in [0.15, 0.2) is 0 Å². The number of hydrogen-bond acceptors (Lipinski definition) is 5. The molecule has 3 rings (SSSR count). The molecule has 0 saturated carbocycles. The Morgan fingerprint density at radius 3 is 3.10 bits per heavy atom. The quantitative estimate of drug-likeness (QED) is 0.815. The number of amides is 2. The zero-order chi connectivity index (χ0) is 14.8. The molecular weight excluding hydrogens is 274 g/mol. The highest BCUT2D eigenvalue weighted by Gasteiger charge is 2.21. The van der Waals surface area contributed by atoms with Crippen molar-refractivity contribution in [3.63, 3.8) is 0 Å². The molecule has 1 aromatic carbocycles. The number of aromatic nitrogens is 3. The summed E-state index contributed by atoms with van der Waals surface area (Å²) in [6.45, 7) is 1.21. The molecule has 0 atom stereocenters. The molecule has 1 aromatic heterocycles. The van der Waals surface area contributed by atoms with Gasteiger partial charge in [0.2, 0.25) is 5.95 Å². The van der Waals surface area contributed by atoms with E-state index in [-0.39, 0.29) is 11.8 Å². The maximum atomic E-state index is 12.3. The van der Waals surface area contributed by atoms with Crippen molar-refractivity contribution in [1.29, 1.82) is 0 Å². The number of aryl methyl sites for hydroxylation is 1. The predicted octanol–water partition coefficient (Wildman–Crippen LogP) is 0.947.